The van der Waals surface area contributed by atoms with E-state index >= 15 is 0 Å². The summed E-state index contributed by atoms with van der Waals surface area (Å²) < 4.78 is 37.1. The van der Waals surface area contributed by atoms with Crippen molar-refractivity contribution in [3.63, 3.8) is 0 Å². The average Bonchev–Trinajstić information content (AvgIpc) is 2.63. The van der Waals surface area contributed by atoms with Crippen LogP contribution in [0.3, 0.4) is 0 Å². The van der Waals surface area contributed by atoms with Gasteiger partial charge in [-0.15, -0.1) is 0 Å². The Kier molecular flexibility index (Phi) is 5.16. The van der Waals surface area contributed by atoms with Crippen molar-refractivity contribution in [2.45, 2.75) is 19.3 Å². The number of fused-ring (bicyclic) bond motifs is 1. The molecule has 0 fully saturated rings. The largest absolute Gasteiger partial charge is 0.486 e. The highest BCUT2D eigenvalue weighted by atomic mass is 19.2. The second kappa shape index (κ2) is 7.51. The molecule has 0 radical (unpaired) electrons. The van der Waals surface area contributed by atoms with Gasteiger partial charge in [-0.2, -0.15) is 0 Å². The number of amides is 1. The predicted octanol–water partition coefficient (Wildman–Crippen LogP) is 3.66. The number of hydrogen-bond donors (Lipinski definition) is 1. The van der Waals surface area contributed by atoms with E-state index in [1.165, 1.54) is 6.07 Å². The molecule has 2 aromatic carbocycles. The van der Waals surface area contributed by atoms with Crippen molar-refractivity contribution >= 4 is 5.91 Å². The molecule has 25 heavy (non-hydrogen) atoms. The van der Waals surface area contributed by atoms with Gasteiger partial charge in [0.05, 0.1) is 0 Å². The zero-order valence-electron chi connectivity index (χ0n) is 13.9. The number of nitrogens with one attached hydrogen (secondary N) is 1. The van der Waals surface area contributed by atoms with Crippen LogP contribution in [0.5, 0.6) is 11.5 Å². The van der Waals surface area contributed by atoms with Crippen molar-refractivity contribution in [3.8, 4) is 11.5 Å². The van der Waals surface area contributed by atoms with Crippen LogP contribution < -0.4 is 14.8 Å². The van der Waals surface area contributed by atoms with Crippen LogP contribution in [0.15, 0.2) is 36.4 Å². The van der Waals surface area contributed by atoms with Gasteiger partial charge in [-0.05, 0) is 48.2 Å². The highest BCUT2D eigenvalue weighted by Crippen LogP contribution is 2.33. The Morgan fingerprint density at radius 2 is 1.84 bits per heavy atom. The van der Waals surface area contributed by atoms with Gasteiger partial charge < -0.3 is 14.8 Å². The summed E-state index contributed by atoms with van der Waals surface area (Å²) in [6.07, 6.45) is 0.703. The van der Waals surface area contributed by atoms with Gasteiger partial charge >= 0.3 is 0 Å². The molecule has 0 saturated heterocycles. The first-order chi connectivity index (χ1) is 12.0. The van der Waals surface area contributed by atoms with Gasteiger partial charge in [-0.25, -0.2) is 8.78 Å². The molecule has 4 nitrogen and oxygen atoms in total. The van der Waals surface area contributed by atoms with Gasteiger partial charge in [0, 0.05) is 12.1 Å². The summed E-state index contributed by atoms with van der Waals surface area (Å²) in [5, 5.41) is 2.72. The molecular formula is C19H19F2NO3. The Balaban J connectivity index is 1.54. The number of halogens is 2. The van der Waals surface area contributed by atoms with Crippen molar-refractivity contribution in [1.82, 2.24) is 5.32 Å². The molecule has 0 aliphatic carbocycles. The summed E-state index contributed by atoms with van der Waals surface area (Å²) in [5.41, 5.74) is 1.19. The lowest BCUT2D eigenvalue weighted by Gasteiger charge is -2.20. The minimum Gasteiger partial charge on any atom is -0.486 e. The fourth-order valence-electron chi connectivity index (χ4n) is 2.67. The van der Waals surface area contributed by atoms with Crippen LogP contribution in [-0.2, 0) is 0 Å². The number of carbonyl (C=O) groups excluding carboxylic acids is 1. The number of rotatable bonds is 5. The van der Waals surface area contributed by atoms with E-state index in [9.17, 15) is 13.6 Å². The molecule has 1 heterocycles. The van der Waals surface area contributed by atoms with E-state index in [-0.39, 0.29) is 11.5 Å². The number of carbonyl (C=O) groups is 1. The zero-order chi connectivity index (χ0) is 17.8. The molecule has 0 spiro atoms. The first-order valence-electron chi connectivity index (χ1n) is 8.17. The molecule has 6 heteroatoms. The van der Waals surface area contributed by atoms with Gasteiger partial charge in [-0.3, -0.25) is 4.79 Å². The van der Waals surface area contributed by atoms with Crippen LogP contribution in [0, 0.1) is 11.6 Å². The minimum atomic E-state index is -1.03. The molecule has 1 atom stereocenters. The van der Waals surface area contributed by atoms with E-state index < -0.39 is 17.5 Å². The van der Waals surface area contributed by atoms with Crippen molar-refractivity contribution in [2.24, 2.45) is 0 Å². The SMILES string of the molecule is CC(CCNC(=O)c1ccc(F)c(F)c1)c1ccc2c(c1)OCCO2. The summed E-state index contributed by atoms with van der Waals surface area (Å²) in [6, 6.07) is 8.93. The smallest absolute Gasteiger partial charge is 0.251 e. The standard InChI is InChI=1S/C19H19F2NO3/c1-12(13-3-5-17-18(11-13)25-9-8-24-17)6-7-22-19(23)14-2-4-15(20)16(21)10-14/h2-5,10-12H,6-9H2,1H3,(H,22,23). The lowest BCUT2D eigenvalue weighted by molar-refractivity contribution is 0.0952. The second-order valence-corrected chi connectivity index (χ2v) is 5.98. The molecular weight excluding hydrogens is 328 g/mol. The van der Waals surface area contributed by atoms with Crippen molar-refractivity contribution in [3.05, 3.63) is 59.2 Å². The molecule has 1 amide bonds. The van der Waals surface area contributed by atoms with Crippen LogP contribution in [0.25, 0.3) is 0 Å². The van der Waals surface area contributed by atoms with E-state index in [4.69, 9.17) is 9.47 Å². The van der Waals surface area contributed by atoms with Gasteiger partial charge in [0.15, 0.2) is 23.1 Å². The first-order valence-corrected chi connectivity index (χ1v) is 8.17. The van der Waals surface area contributed by atoms with Gasteiger partial charge in [0.25, 0.3) is 5.91 Å². The van der Waals surface area contributed by atoms with Crippen LogP contribution in [0.2, 0.25) is 0 Å². The van der Waals surface area contributed by atoms with E-state index in [1.54, 1.807) is 0 Å². The quantitative estimate of drug-likeness (QED) is 0.898. The molecule has 3 rings (SSSR count). The van der Waals surface area contributed by atoms with E-state index in [0.717, 1.165) is 29.2 Å². The molecule has 1 aliphatic heterocycles. The highest BCUT2D eigenvalue weighted by molar-refractivity contribution is 5.94. The van der Waals surface area contributed by atoms with Crippen LogP contribution in [-0.4, -0.2) is 25.7 Å². The van der Waals surface area contributed by atoms with Crippen LogP contribution in [0.1, 0.15) is 35.2 Å². The van der Waals surface area contributed by atoms with Gasteiger partial charge in [-0.1, -0.05) is 13.0 Å². The number of benzene rings is 2. The van der Waals surface area contributed by atoms with Crippen molar-refractivity contribution in [1.29, 1.82) is 0 Å². The van der Waals surface area contributed by atoms with Crippen LogP contribution >= 0.6 is 0 Å². The Hall–Kier alpha value is -2.63. The fourth-order valence-corrected chi connectivity index (χ4v) is 2.67. The fraction of sp³-hybridized carbons (Fsp3) is 0.316. The van der Waals surface area contributed by atoms with E-state index in [2.05, 4.69) is 12.2 Å². The maximum absolute atomic E-state index is 13.2. The topological polar surface area (TPSA) is 47.6 Å². The lowest BCUT2D eigenvalue weighted by atomic mass is 9.97. The maximum atomic E-state index is 13.2. The first kappa shape index (κ1) is 17.2. The maximum Gasteiger partial charge on any atom is 0.251 e. The Morgan fingerprint density at radius 1 is 1.08 bits per heavy atom. The summed E-state index contributed by atoms with van der Waals surface area (Å²) in [5.74, 6) is -0.745. The summed E-state index contributed by atoms with van der Waals surface area (Å²) >= 11 is 0. The Labute approximate surface area is 144 Å². The van der Waals surface area contributed by atoms with E-state index in [1.807, 2.05) is 18.2 Å². The summed E-state index contributed by atoms with van der Waals surface area (Å²) in [6.45, 7) is 3.57. The average molecular weight is 347 g/mol. The zero-order valence-corrected chi connectivity index (χ0v) is 13.9. The molecule has 0 bridgehead atoms. The molecule has 0 aromatic heterocycles. The molecule has 1 N–H and O–H groups in total. The summed E-state index contributed by atoms with van der Waals surface area (Å²) in [4.78, 5) is 12.0. The molecule has 1 aliphatic rings. The van der Waals surface area contributed by atoms with Gasteiger partial charge in [0.2, 0.25) is 0 Å². The highest BCUT2D eigenvalue weighted by Gasteiger charge is 2.15. The van der Waals surface area contributed by atoms with Crippen molar-refractivity contribution in [2.75, 3.05) is 19.8 Å². The molecule has 0 saturated carbocycles. The predicted molar refractivity (Wildman–Crippen MR) is 89.2 cm³/mol. The van der Waals surface area contributed by atoms with E-state index in [0.29, 0.717) is 26.2 Å². The molecule has 1 unspecified atom stereocenters. The monoisotopic (exact) mass is 347 g/mol. The number of hydrogen-bond acceptors (Lipinski definition) is 3. The Bertz CT molecular complexity index is 779. The Morgan fingerprint density at radius 3 is 2.60 bits per heavy atom. The lowest BCUT2D eigenvalue weighted by Crippen LogP contribution is -2.25. The summed E-state index contributed by atoms with van der Waals surface area (Å²) in [7, 11) is 0. The molecule has 132 valence electrons. The van der Waals surface area contributed by atoms with Gasteiger partial charge in [0.1, 0.15) is 13.2 Å². The number of ether oxygens (including phenoxy) is 2. The van der Waals surface area contributed by atoms with Crippen LogP contribution in [0.4, 0.5) is 8.78 Å². The molecule has 2 aromatic rings. The third-order valence-electron chi connectivity index (χ3n) is 4.18. The second-order valence-electron chi connectivity index (χ2n) is 5.98. The normalized spacial score (nSPS) is 14.0. The minimum absolute atomic E-state index is 0.103. The third kappa shape index (κ3) is 4.07. The van der Waals surface area contributed by atoms with Crippen molar-refractivity contribution < 1.29 is 23.0 Å². The third-order valence-corrected chi connectivity index (χ3v) is 4.18.